The first-order valence-corrected chi connectivity index (χ1v) is 7.16. The van der Waals surface area contributed by atoms with Gasteiger partial charge in [0.1, 0.15) is 5.75 Å². The van der Waals surface area contributed by atoms with Crippen molar-refractivity contribution in [2.45, 2.75) is 38.8 Å². The molecule has 19 heavy (non-hydrogen) atoms. The van der Waals surface area contributed by atoms with Crippen molar-refractivity contribution >= 4 is 0 Å². The minimum Gasteiger partial charge on any atom is -0.492 e. The van der Waals surface area contributed by atoms with Gasteiger partial charge in [0.25, 0.3) is 0 Å². The van der Waals surface area contributed by atoms with Crippen molar-refractivity contribution in [2.24, 2.45) is 5.92 Å². The normalized spacial score (nSPS) is 18.1. The van der Waals surface area contributed by atoms with Crippen molar-refractivity contribution in [1.29, 1.82) is 0 Å². The summed E-state index contributed by atoms with van der Waals surface area (Å²) in [4.78, 5) is 4.27. The molecule has 2 unspecified atom stereocenters. The summed E-state index contributed by atoms with van der Waals surface area (Å²) in [6, 6.07) is 2.24. The van der Waals surface area contributed by atoms with Crippen LogP contribution in [0.2, 0.25) is 0 Å². The van der Waals surface area contributed by atoms with Gasteiger partial charge < -0.3 is 14.8 Å². The van der Waals surface area contributed by atoms with Gasteiger partial charge in [-0.05, 0) is 51.3 Å². The summed E-state index contributed by atoms with van der Waals surface area (Å²) in [6.07, 6.45) is 6.42. The molecule has 1 aromatic heterocycles. The van der Waals surface area contributed by atoms with Crippen LogP contribution in [0.5, 0.6) is 5.75 Å². The Labute approximate surface area is 115 Å². The minimum atomic E-state index is 0.181. The lowest BCUT2D eigenvalue weighted by Crippen LogP contribution is -2.33. The van der Waals surface area contributed by atoms with Gasteiger partial charge in [-0.1, -0.05) is 0 Å². The zero-order valence-electron chi connectivity index (χ0n) is 12.1. The Morgan fingerprint density at radius 2 is 2.11 bits per heavy atom. The van der Waals surface area contributed by atoms with Crippen LogP contribution < -0.4 is 10.1 Å². The Balaban J connectivity index is 2.16. The first-order valence-electron chi connectivity index (χ1n) is 7.16. The maximum Gasteiger partial charge on any atom is 0.137 e. The fraction of sp³-hybridized carbons (Fsp3) is 0.667. The second-order valence-electron chi connectivity index (χ2n) is 4.91. The molecule has 1 saturated carbocycles. The third-order valence-corrected chi connectivity index (χ3v) is 3.49. The van der Waals surface area contributed by atoms with E-state index in [-0.39, 0.29) is 12.1 Å². The Bertz CT molecular complexity index is 393. The molecule has 1 aromatic rings. The molecule has 2 rings (SSSR count). The van der Waals surface area contributed by atoms with Crippen molar-refractivity contribution in [3.63, 3.8) is 0 Å². The highest BCUT2D eigenvalue weighted by Crippen LogP contribution is 2.40. The third-order valence-electron chi connectivity index (χ3n) is 3.49. The summed E-state index contributed by atoms with van der Waals surface area (Å²) in [5.41, 5.74) is 1.14. The number of rotatable bonds is 8. The van der Waals surface area contributed by atoms with Crippen LogP contribution in [0.1, 0.15) is 38.3 Å². The number of nitrogens with zero attached hydrogens (tertiary/aromatic N) is 1. The van der Waals surface area contributed by atoms with Gasteiger partial charge in [-0.3, -0.25) is 4.98 Å². The molecule has 0 spiro atoms. The van der Waals surface area contributed by atoms with E-state index in [0.717, 1.165) is 17.9 Å². The van der Waals surface area contributed by atoms with Crippen molar-refractivity contribution < 1.29 is 9.47 Å². The molecule has 0 bridgehead atoms. The average molecular weight is 264 g/mol. The number of nitrogens with one attached hydrogen (secondary N) is 1. The predicted octanol–water partition coefficient (Wildman–Crippen LogP) is 2.56. The Kier molecular flexibility index (Phi) is 5.16. The monoisotopic (exact) mass is 264 g/mol. The second kappa shape index (κ2) is 6.87. The molecule has 0 aliphatic heterocycles. The molecule has 2 atom stereocenters. The maximum atomic E-state index is 5.94. The van der Waals surface area contributed by atoms with Crippen LogP contribution in [0.15, 0.2) is 18.5 Å². The zero-order chi connectivity index (χ0) is 13.7. The van der Waals surface area contributed by atoms with Gasteiger partial charge >= 0.3 is 0 Å². The number of likely N-dealkylation sites (N-methyl/N-ethyl adjacent to an activating group) is 1. The number of hydrogen-bond acceptors (Lipinski definition) is 4. The largest absolute Gasteiger partial charge is 0.492 e. The quantitative estimate of drug-likeness (QED) is 0.783. The fourth-order valence-corrected chi connectivity index (χ4v) is 2.49. The lowest BCUT2D eigenvalue weighted by atomic mass is 9.99. The molecular formula is C15H24N2O2. The smallest absolute Gasteiger partial charge is 0.137 e. The number of hydrogen-bond donors (Lipinski definition) is 1. The molecule has 1 heterocycles. The molecule has 4 heteroatoms. The van der Waals surface area contributed by atoms with E-state index >= 15 is 0 Å². The van der Waals surface area contributed by atoms with E-state index in [2.05, 4.69) is 23.3 Å². The molecule has 1 aliphatic carbocycles. The summed E-state index contributed by atoms with van der Waals surface area (Å²) in [6.45, 7) is 5.44. The summed E-state index contributed by atoms with van der Waals surface area (Å²) in [5, 5.41) is 3.37. The summed E-state index contributed by atoms with van der Waals surface area (Å²) in [5.74, 6) is 1.50. The van der Waals surface area contributed by atoms with E-state index < -0.39 is 0 Å². The number of pyridine rings is 1. The molecule has 4 nitrogen and oxygen atoms in total. The van der Waals surface area contributed by atoms with Gasteiger partial charge in [0.15, 0.2) is 0 Å². The van der Waals surface area contributed by atoms with Crippen molar-refractivity contribution in [2.75, 3.05) is 20.3 Å². The molecule has 0 saturated heterocycles. The van der Waals surface area contributed by atoms with Crippen LogP contribution in [-0.4, -0.2) is 31.3 Å². The maximum absolute atomic E-state index is 5.94. The fourth-order valence-electron chi connectivity index (χ4n) is 2.49. The van der Waals surface area contributed by atoms with Crippen molar-refractivity contribution in [3.05, 3.63) is 24.0 Å². The minimum absolute atomic E-state index is 0.181. The van der Waals surface area contributed by atoms with Crippen LogP contribution in [0.4, 0.5) is 0 Å². The van der Waals surface area contributed by atoms with Gasteiger partial charge in [0, 0.05) is 12.8 Å². The summed E-state index contributed by atoms with van der Waals surface area (Å²) >= 11 is 0. The van der Waals surface area contributed by atoms with E-state index in [9.17, 15) is 0 Å². The molecular weight excluding hydrogens is 240 g/mol. The van der Waals surface area contributed by atoms with Crippen LogP contribution in [0.3, 0.4) is 0 Å². The van der Waals surface area contributed by atoms with E-state index in [1.54, 1.807) is 6.20 Å². The second-order valence-corrected chi connectivity index (χ2v) is 4.91. The van der Waals surface area contributed by atoms with E-state index in [0.29, 0.717) is 12.5 Å². The van der Waals surface area contributed by atoms with Crippen LogP contribution in [0.25, 0.3) is 0 Å². The highest BCUT2D eigenvalue weighted by Gasteiger charge is 2.37. The summed E-state index contributed by atoms with van der Waals surface area (Å²) in [7, 11) is 1.98. The Morgan fingerprint density at radius 3 is 2.68 bits per heavy atom. The molecule has 0 aromatic carbocycles. The lowest BCUT2D eigenvalue weighted by molar-refractivity contribution is 0.0203. The van der Waals surface area contributed by atoms with E-state index in [1.165, 1.54) is 12.8 Å². The van der Waals surface area contributed by atoms with Crippen LogP contribution >= 0.6 is 0 Å². The van der Waals surface area contributed by atoms with Crippen molar-refractivity contribution in [3.8, 4) is 5.75 Å². The first-order chi connectivity index (χ1) is 9.30. The number of aromatic nitrogens is 1. The lowest BCUT2D eigenvalue weighted by Gasteiger charge is -2.27. The predicted molar refractivity (Wildman–Crippen MR) is 75.3 cm³/mol. The standard InChI is InChI=1S/C15H24N2O2/c1-4-18-13-8-12(9-17-10-13)14(16-3)15(19-5-2)11-6-7-11/h8-11,14-16H,4-7H2,1-3H3. The topological polar surface area (TPSA) is 43.4 Å². The van der Waals surface area contributed by atoms with E-state index in [1.807, 2.05) is 20.2 Å². The Hall–Kier alpha value is -1.13. The summed E-state index contributed by atoms with van der Waals surface area (Å²) < 4.78 is 11.5. The van der Waals surface area contributed by atoms with Gasteiger partial charge in [-0.25, -0.2) is 0 Å². The molecule has 1 aliphatic rings. The molecule has 1 fully saturated rings. The highest BCUT2D eigenvalue weighted by molar-refractivity contribution is 5.27. The van der Waals surface area contributed by atoms with Crippen LogP contribution in [0, 0.1) is 5.92 Å². The SMILES string of the molecule is CCOc1cncc(C(NC)C(OCC)C2CC2)c1. The molecule has 1 N–H and O–H groups in total. The zero-order valence-corrected chi connectivity index (χ0v) is 12.1. The number of ether oxygens (including phenoxy) is 2. The third kappa shape index (κ3) is 3.67. The average Bonchev–Trinajstić information content (AvgIpc) is 3.24. The molecule has 0 amide bonds. The molecule has 106 valence electrons. The molecule has 0 radical (unpaired) electrons. The van der Waals surface area contributed by atoms with E-state index in [4.69, 9.17) is 9.47 Å². The van der Waals surface area contributed by atoms with Gasteiger partial charge in [-0.15, -0.1) is 0 Å². The first kappa shape index (κ1) is 14.3. The van der Waals surface area contributed by atoms with Gasteiger partial charge in [-0.2, -0.15) is 0 Å². The van der Waals surface area contributed by atoms with Crippen molar-refractivity contribution in [1.82, 2.24) is 10.3 Å². The van der Waals surface area contributed by atoms with Crippen LogP contribution in [-0.2, 0) is 4.74 Å². The van der Waals surface area contributed by atoms with Gasteiger partial charge in [0.2, 0.25) is 0 Å². The Morgan fingerprint density at radius 1 is 1.32 bits per heavy atom. The highest BCUT2D eigenvalue weighted by atomic mass is 16.5. The van der Waals surface area contributed by atoms with Gasteiger partial charge in [0.05, 0.1) is 24.9 Å².